The van der Waals surface area contributed by atoms with Crippen molar-refractivity contribution in [3.63, 3.8) is 0 Å². The zero-order valence-electron chi connectivity index (χ0n) is 10.1. The minimum Gasteiger partial charge on any atom is -0.399 e. The number of nitrogen functional groups attached to an aromatic ring is 1. The Labute approximate surface area is 101 Å². The first-order valence-corrected chi connectivity index (χ1v) is 6.14. The van der Waals surface area contributed by atoms with Gasteiger partial charge in [-0.2, -0.15) is 0 Å². The van der Waals surface area contributed by atoms with E-state index in [1.54, 1.807) is 0 Å². The molecule has 0 atom stereocenters. The average molecular weight is 227 g/mol. The van der Waals surface area contributed by atoms with Gasteiger partial charge in [-0.3, -0.25) is 4.98 Å². The molecule has 17 heavy (non-hydrogen) atoms. The number of pyridine rings is 1. The summed E-state index contributed by atoms with van der Waals surface area (Å²) in [7, 11) is 0. The van der Waals surface area contributed by atoms with E-state index < -0.39 is 0 Å². The number of hydrogen-bond acceptors (Lipinski definition) is 3. The Balaban J connectivity index is 2.29. The molecule has 1 aliphatic rings. The summed E-state index contributed by atoms with van der Waals surface area (Å²) in [6, 6.07) is 5.99. The zero-order chi connectivity index (χ0) is 11.8. The normalized spacial score (nSPS) is 15.6. The number of aryl methyl sites for hydroxylation is 1. The first-order chi connectivity index (χ1) is 8.25. The molecular formula is C14H17N3. The van der Waals surface area contributed by atoms with Crippen LogP contribution >= 0.6 is 0 Å². The lowest BCUT2D eigenvalue weighted by atomic mass is 9.98. The van der Waals surface area contributed by atoms with Gasteiger partial charge in [-0.15, -0.1) is 0 Å². The van der Waals surface area contributed by atoms with Crippen molar-refractivity contribution in [1.82, 2.24) is 10.3 Å². The number of nitrogens with two attached hydrogens (primary N) is 1. The van der Waals surface area contributed by atoms with Crippen molar-refractivity contribution in [1.29, 1.82) is 0 Å². The van der Waals surface area contributed by atoms with Gasteiger partial charge in [0.2, 0.25) is 0 Å². The van der Waals surface area contributed by atoms with Crippen LogP contribution in [-0.2, 0) is 12.8 Å². The van der Waals surface area contributed by atoms with Crippen LogP contribution in [0.5, 0.6) is 0 Å². The molecule has 0 fully saturated rings. The molecule has 0 bridgehead atoms. The predicted octanol–water partition coefficient (Wildman–Crippen LogP) is 1.81. The summed E-state index contributed by atoms with van der Waals surface area (Å²) in [5, 5.41) is 4.62. The Morgan fingerprint density at radius 3 is 2.94 bits per heavy atom. The molecule has 3 nitrogen and oxygen atoms in total. The molecule has 0 amide bonds. The van der Waals surface area contributed by atoms with Crippen molar-refractivity contribution >= 4 is 16.6 Å². The lowest BCUT2D eigenvalue weighted by molar-refractivity contribution is 0.708. The number of rotatable bonds is 0. The predicted molar refractivity (Wildman–Crippen MR) is 71.2 cm³/mol. The van der Waals surface area contributed by atoms with E-state index in [1.165, 1.54) is 22.2 Å². The summed E-state index contributed by atoms with van der Waals surface area (Å²) >= 11 is 0. The van der Waals surface area contributed by atoms with Gasteiger partial charge in [-0.05, 0) is 49.2 Å². The Morgan fingerprint density at radius 1 is 1.24 bits per heavy atom. The Morgan fingerprint density at radius 2 is 2.06 bits per heavy atom. The second-order valence-electron chi connectivity index (χ2n) is 4.69. The number of fused-ring (bicyclic) bond motifs is 2. The fourth-order valence-corrected chi connectivity index (χ4v) is 2.63. The third-order valence-electron chi connectivity index (χ3n) is 3.57. The van der Waals surface area contributed by atoms with E-state index in [9.17, 15) is 0 Å². The smallest absolute Gasteiger partial charge is 0.0709 e. The van der Waals surface area contributed by atoms with Gasteiger partial charge in [0, 0.05) is 29.7 Å². The molecule has 88 valence electrons. The van der Waals surface area contributed by atoms with Crippen LogP contribution in [0.4, 0.5) is 5.69 Å². The van der Waals surface area contributed by atoms with E-state index in [2.05, 4.69) is 12.2 Å². The van der Waals surface area contributed by atoms with Crippen LogP contribution in [0.15, 0.2) is 18.2 Å². The molecule has 2 aromatic rings. The monoisotopic (exact) mass is 227 g/mol. The van der Waals surface area contributed by atoms with E-state index in [0.717, 1.165) is 37.1 Å². The van der Waals surface area contributed by atoms with Crippen LogP contribution < -0.4 is 11.1 Å². The maximum atomic E-state index is 5.86. The van der Waals surface area contributed by atoms with Gasteiger partial charge in [0.1, 0.15) is 0 Å². The largest absolute Gasteiger partial charge is 0.399 e. The van der Waals surface area contributed by atoms with Gasteiger partial charge < -0.3 is 11.1 Å². The fourth-order valence-electron chi connectivity index (χ4n) is 2.63. The number of nitrogens with one attached hydrogen (secondary N) is 1. The molecule has 3 rings (SSSR count). The summed E-state index contributed by atoms with van der Waals surface area (Å²) in [5.74, 6) is 0. The minimum absolute atomic E-state index is 0.814. The SMILES string of the molecule is Cc1c2c(nc3ccc(N)cc13)CCNCC2. The van der Waals surface area contributed by atoms with Gasteiger partial charge >= 0.3 is 0 Å². The molecule has 2 heterocycles. The highest BCUT2D eigenvalue weighted by Gasteiger charge is 2.14. The van der Waals surface area contributed by atoms with Gasteiger partial charge in [-0.1, -0.05) is 0 Å². The molecule has 0 aliphatic carbocycles. The fraction of sp³-hybridized carbons (Fsp3) is 0.357. The van der Waals surface area contributed by atoms with Gasteiger partial charge in [-0.25, -0.2) is 0 Å². The van der Waals surface area contributed by atoms with Crippen LogP contribution in [0.1, 0.15) is 16.8 Å². The van der Waals surface area contributed by atoms with Crippen molar-refractivity contribution in [2.24, 2.45) is 0 Å². The van der Waals surface area contributed by atoms with E-state index in [0.29, 0.717) is 0 Å². The van der Waals surface area contributed by atoms with Crippen molar-refractivity contribution < 1.29 is 0 Å². The molecule has 0 saturated heterocycles. The van der Waals surface area contributed by atoms with Gasteiger partial charge in [0.25, 0.3) is 0 Å². The highest BCUT2D eigenvalue weighted by atomic mass is 14.9. The lowest BCUT2D eigenvalue weighted by Gasteiger charge is -2.12. The maximum absolute atomic E-state index is 5.86. The number of aromatic nitrogens is 1. The van der Waals surface area contributed by atoms with Crippen LogP contribution in [-0.4, -0.2) is 18.1 Å². The molecule has 3 heteroatoms. The maximum Gasteiger partial charge on any atom is 0.0709 e. The summed E-state index contributed by atoms with van der Waals surface area (Å²) in [5.41, 5.74) is 11.8. The second-order valence-corrected chi connectivity index (χ2v) is 4.69. The Bertz CT molecular complexity index is 575. The third kappa shape index (κ3) is 1.76. The second kappa shape index (κ2) is 4.00. The lowest BCUT2D eigenvalue weighted by Crippen LogP contribution is -2.16. The van der Waals surface area contributed by atoms with Crippen LogP contribution in [0.25, 0.3) is 10.9 Å². The first kappa shape index (κ1) is 10.5. The van der Waals surface area contributed by atoms with Crippen molar-refractivity contribution in [3.8, 4) is 0 Å². The molecule has 0 spiro atoms. The number of anilines is 1. The molecule has 1 aromatic heterocycles. The van der Waals surface area contributed by atoms with Crippen molar-refractivity contribution in [2.45, 2.75) is 19.8 Å². The van der Waals surface area contributed by atoms with Crippen molar-refractivity contribution in [3.05, 3.63) is 35.0 Å². The molecule has 1 aromatic carbocycles. The highest BCUT2D eigenvalue weighted by molar-refractivity contribution is 5.86. The molecule has 3 N–H and O–H groups in total. The van der Waals surface area contributed by atoms with Gasteiger partial charge in [0.15, 0.2) is 0 Å². The van der Waals surface area contributed by atoms with Crippen LogP contribution in [0.3, 0.4) is 0 Å². The number of nitrogens with zero attached hydrogens (tertiary/aromatic N) is 1. The Hall–Kier alpha value is -1.61. The topological polar surface area (TPSA) is 50.9 Å². The summed E-state index contributed by atoms with van der Waals surface area (Å²) in [4.78, 5) is 4.78. The molecule has 0 radical (unpaired) electrons. The first-order valence-electron chi connectivity index (χ1n) is 6.14. The highest BCUT2D eigenvalue weighted by Crippen LogP contribution is 2.26. The van der Waals surface area contributed by atoms with E-state index in [4.69, 9.17) is 10.7 Å². The number of benzene rings is 1. The van der Waals surface area contributed by atoms with E-state index in [-0.39, 0.29) is 0 Å². The molecule has 0 unspecified atom stereocenters. The third-order valence-corrected chi connectivity index (χ3v) is 3.57. The molecular weight excluding hydrogens is 210 g/mol. The zero-order valence-corrected chi connectivity index (χ0v) is 10.1. The van der Waals surface area contributed by atoms with Crippen molar-refractivity contribution in [2.75, 3.05) is 18.8 Å². The minimum atomic E-state index is 0.814. The summed E-state index contributed by atoms with van der Waals surface area (Å²) in [6.07, 6.45) is 2.09. The van der Waals surface area contributed by atoms with E-state index >= 15 is 0 Å². The Kier molecular flexibility index (Phi) is 2.48. The summed E-state index contributed by atoms with van der Waals surface area (Å²) in [6.45, 7) is 4.26. The average Bonchev–Trinajstić information content (AvgIpc) is 2.56. The standard InChI is InChI=1S/C14H17N3/c1-9-11-4-6-16-7-5-14(11)17-13-3-2-10(15)8-12(9)13/h2-3,8,16H,4-7,15H2,1H3. The molecule has 0 saturated carbocycles. The van der Waals surface area contributed by atoms with Crippen LogP contribution in [0, 0.1) is 6.92 Å². The number of hydrogen-bond donors (Lipinski definition) is 2. The van der Waals surface area contributed by atoms with E-state index in [1.807, 2.05) is 18.2 Å². The molecule has 1 aliphatic heterocycles. The summed E-state index contributed by atoms with van der Waals surface area (Å²) < 4.78 is 0. The quantitative estimate of drug-likeness (QED) is 0.675. The van der Waals surface area contributed by atoms with Gasteiger partial charge in [0.05, 0.1) is 5.52 Å². The van der Waals surface area contributed by atoms with Crippen LogP contribution in [0.2, 0.25) is 0 Å².